The lowest BCUT2D eigenvalue weighted by atomic mass is 10.0. The minimum absolute atomic E-state index is 0.144. The molecule has 1 saturated heterocycles. The van der Waals surface area contributed by atoms with Crippen LogP contribution in [0.1, 0.15) is 43.1 Å². The Hall–Kier alpha value is -1.44. The number of rotatable bonds is 7. The van der Waals surface area contributed by atoms with Gasteiger partial charge in [-0.2, -0.15) is 0 Å². The van der Waals surface area contributed by atoms with Crippen molar-refractivity contribution < 1.29 is 19.8 Å². The number of hydrogen-bond acceptors (Lipinski definition) is 5. The normalized spacial score (nSPS) is 20.7. The van der Waals surface area contributed by atoms with Crippen LogP contribution in [0.5, 0.6) is 0 Å². The van der Waals surface area contributed by atoms with Crippen LogP contribution >= 0.6 is 11.3 Å². The van der Waals surface area contributed by atoms with Gasteiger partial charge in [-0.1, -0.05) is 18.9 Å². The zero-order valence-corrected chi connectivity index (χ0v) is 13.9. The van der Waals surface area contributed by atoms with Crippen molar-refractivity contribution in [2.45, 2.75) is 44.2 Å². The highest BCUT2D eigenvalue weighted by atomic mass is 32.1. The molecule has 0 aliphatic carbocycles. The third kappa shape index (κ3) is 5.93. The van der Waals surface area contributed by atoms with Crippen LogP contribution in [0.3, 0.4) is 0 Å². The van der Waals surface area contributed by atoms with E-state index in [1.165, 1.54) is 11.3 Å². The fourth-order valence-corrected chi connectivity index (χ4v) is 3.71. The quantitative estimate of drug-likeness (QED) is 0.702. The Balaban J connectivity index is 1.93. The summed E-state index contributed by atoms with van der Waals surface area (Å²) in [5.74, 6) is -1.32. The molecule has 128 valence electrons. The minimum Gasteiger partial charge on any atom is -0.480 e. The molecule has 1 aromatic rings. The Bertz CT molecular complexity index is 506. The summed E-state index contributed by atoms with van der Waals surface area (Å²) in [7, 11) is 0. The molecule has 0 bridgehead atoms. The molecule has 2 unspecified atom stereocenters. The minimum atomic E-state index is -1.04. The summed E-state index contributed by atoms with van der Waals surface area (Å²) < 4.78 is 0. The van der Waals surface area contributed by atoms with Crippen LogP contribution in [0.4, 0.5) is 0 Å². The molecule has 3 N–H and O–H groups in total. The van der Waals surface area contributed by atoms with Crippen molar-refractivity contribution in [1.29, 1.82) is 0 Å². The van der Waals surface area contributed by atoms with Gasteiger partial charge in [0, 0.05) is 10.9 Å². The molecule has 6 nitrogen and oxygen atoms in total. The number of carboxylic acid groups (broad SMARTS) is 1. The van der Waals surface area contributed by atoms with E-state index in [0.717, 1.165) is 37.1 Å². The number of carboxylic acids is 1. The summed E-state index contributed by atoms with van der Waals surface area (Å²) in [6.07, 6.45) is 4.29. The molecule has 7 heteroatoms. The number of aliphatic carboxylic acids is 1. The first kappa shape index (κ1) is 17.9. The third-order valence-corrected chi connectivity index (χ3v) is 5.12. The molecule has 1 amide bonds. The maximum absolute atomic E-state index is 11.9. The van der Waals surface area contributed by atoms with Crippen molar-refractivity contribution in [3.05, 3.63) is 22.4 Å². The topological polar surface area (TPSA) is 89.9 Å². The molecule has 0 radical (unpaired) electrons. The number of aliphatic hydroxyl groups is 1. The first-order chi connectivity index (χ1) is 11.1. The second kappa shape index (κ2) is 9.00. The van der Waals surface area contributed by atoms with Gasteiger partial charge >= 0.3 is 5.97 Å². The Kier molecular flexibility index (Phi) is 7.01. The lowest BCUT2D eigenvalue weighted by Crippen LogP contribution is -2.44. The van der Waals surface area contributed by atoms with Crippen molar-refractivity contribution in [2.24, 2.45) is 0 Å². The number of hydrogen-bond donors (Lipinski definition) is 3. The predicted molar refractivity (Wildman–Crippen MR) is 88.4 cm³/mol. The van der Waals surface area contributed by atoms with Gasteiger partial charge in [0.25, 0.3) is 0 Å². The standard InChI is InChI=1S/C16H24N2O4S/c19-13(14-6-4-8-23-14)9-12-5-2-1-3-7-18(12)11-15(20)17-10-16(21)22/h4,6,8,12-13,19H,1-3,5,7,9-11H2,(H,17,20)(H,21,22). The first-order valence-electron chi connectivity index (χ1n) is 8.00. The second-order valence-corrected chi connectivity index (χ2v) is 6.89. The molecule has 1 aliphatic rings. The lowest BCUT2D eigenvalue weighted by molar-refractivity contribution is -0.138. The highest BCUT2D eigenvalue weighted by molar-refractivity contribution is 7.10. The molecule has 0 aromatic carbocycles. The maximum atomic E-state index is 11.9. The van der Waals surface area contributed by atoms with Gasteiger partial charge in [0.1, 0.15) is 6.54 Å². The number of carbonyl (C=O) groups is 2. The summed E-state index contributed by atoms with van der Waals surface area (Å²) in [5, 5.41) is 23.4. The van der Waals surface area contributed by atoms with E-state index in [4.69, 9.17) is 5.11 Å². The van der Waals surface area contributed by atoms with Crippen LogP contribution in [0.15, 0.2) is 17.5 Å². The molecule has 0 spiro atoms. The molecule has 2 rings (SSSR count). The van der Waals surface area contributed by atoms with Gasteiger partial charge in [0.05, 0.1) is 12.6 Å². The van der Waals surface area contributed by atoms with E-state index in [1.54, 1.807) is 0 Å². The van der Waals surface area contributed by atoms with Gasteiger partial charge in [0.15, 0.2) is 0 Å². The van der Waals surface area contributed by atoms with Crippen molar-refractivity contribution in [2.75, 3.05) is 19.6 Å². The molecule has 0 saturated carbocycles. The van der Waals surface area contributed by atoms with E-state index >= 15 is 0 Å². The summed E-state index contributed by atoms with van der Waals surface area (Å²) in [6.45, 7) is 0.645. The number of carbonyl (C=O) groups excluding carboxylic acids is 1. The zero-order chi connectivity index (χ0) is 16.7. The summed E-state index contributed by atoms with van der Waals surface area (Å²) >= 11 is 1.54. The lowest BCUT2D eigenvalue weighted by Gasteiger charge is -2.30. The van der Waals surface area contributed by atoms with Gasteiger partial charge in [-0.05, 0) is 37.3 Å². The Morgan fingerprint density at radius 3 is 2.91 bits per heavy atom. The van der Waals surface area contributed by atoms with E-state index < -0.39 is 12.1 Å². The van der Waals surface area contributed by atoms with Crippen LogP contribution in [-0.4, -0.2) is 52.7 Å². The van der Waals surface area contributed by atoms with Crippen molar-refractivity contribution >= 4 is 23.2 Å². The van der Waals surface area contributed by atoms with Gasteiger partial charge in [-0.25, -0.2) is 0 Å². The van der Waals surface area contributed by atoms with Crippen LogP contribution < -0.4 is 5.32 Å². The number of nitrogens with zero attached hydrogens (tertiary/aromatic N) is 1. The summed E-state index contributed by atoms with van der Waals surface area (Å²) in [4.78, 5) is 25.5. The number of likely N-dealkylation sites (tertiary alicyclic amines) is 1. The van der Waals surface area contributed by atoms with E-state index in [-0.39, 0.29) is 25.0 Å². The molecule has 23 heavy (non-hydrogen) atoms. The predicted octanol–water partition coefficient (Wildman–Crippen LogP) is 1.62. The maximum Gasteiger partial charge on any atom is 0.322 e. The fraction of sp³-hybridized carbons (Fsp3) is 0.625. The fourth-order valence-electron chi connectivity index (χ4n) is 2.98. The van der Waals surface area contributed by atoms with Gasteiger partial charge in [-0.15, -0.1) is 11.3 Å². The number of thiophene rings is 1. The molecular formula is C16H24N2O4S. The van der Waals surface area contributed by atoms with Crippen molar-refractivity contribution in [3.8, 4) is 0 Å². The van der Waals surface area contributed by atoms with E-state index in [9.17, 15) is 14.7 Å². The smallest absolute Gasteiger partial charge is 0.322 e. The summed E-state index contributed by atoms with van der Waals surface area (Å²) in [5.41, 5.74) is 0. The first-order valence-corrected chi connectivity index (χ1v) is 8.88. The van der Waals surface area contributed by atoms with Crippen LogP contribution in [0, 0.1) is 0 Å². The summed E-state index contributed by atoms with van der Waals surface area (Å²) in [6, 6.07) is 3.99. The van der Waals surface area contributed by atoms with E-state index in [1.807, 2.05) is 17.5 Å². The average molecular weight is 340 g/mol. The molecule has 1 aromatic heterocycles. The van der Waals surface area contributed by atoms with Crippen LogP contribution in [-0.2, 0) is 9.59 Å². The molecule has 2 heterocycles. The zero-order valence-electron chi connectivity index (χ0n) is 13.1. The average Bonchev–Trinajstić information content (AvgIpc) is 2.97. The van der Waals surface area contributed by atoms with E-state index in [2.05, 4.69) is 10.2 Å². The Labute approximate surface area is 140 Å². The largest absolute Gasteiger partial charge is 0.480 e. The van der Waals surface area contributed by atoms with Gasteiger partial charge in [-0.3, -0.25) is 14.5 Å². The highest BCUT2D eigenvalue weighted by Crippen LogP contribution is 2.28. The van der Waals surface area contributed by atoms with Crippen LogP contribution in [0.2, 0.25) is 0 Å². The van der Waals surface area contributed by atoms with Gasteiger partial charge < -0.3 is 15.5 Å². The Morgan fingerprint density at radius 1 is 1.39 bits per heavy atom. The number of aliphatic hydroxyl groups excluding tert-OH is 1. The number of nitrogens with one attached hydrogen (secondary N) is 1. The molecule has 2 atom stereocenters. The van der Waals surface area contributed by atoms with Crippen molar-refractivity contribution in [1.82, 2.24) is 10.2 Å². The SMILES string of the molecule is O=C(O)CNC(=O)CN1CCCCCC1CC(O)c1cccs1. The van der Waals surface area contributed by atoms with E-state index in [0.29, 0.717) is 6.42 Å². The highest BCUT2D eigenvalue weighted by Gasteiger charge is 2.26. The third-order valence-electron chi connectivity index (χ3n) is 4.15. The molecule has 1 fully saturated rings. The monoisotopic (exact) mass is 340 g/mol. The second-order valence-electron chi connectivity index (χ2n) is 5.91. The molecule has 1 aliphatic heterocycles. The van der Waals surface area contributed by atoms with Crippen molar-refractivity contribution in [3.63, 3.8) is 0 Å². The molecular weight excluding hydrogens is 316 g/mol. The van der Waals surface area contributed by atoms with Gasteiger partial charge in [0.2, 0.25) is 5.91 Å². The Morgan fingerprint density at radius 2 is 2.22 bits per heavy atom. The number of amides is 1. The van der Waals surface area contributed by atoms with Crippen LogP contribution in [0.25, 0.3) is 0 Å².